The molecule has 1 saturated heterocycles. The topological polar surface area (TPSA) is 66.4 Å². The maximum absolute atomic E-state index is 5.50. The second-order valence-corrected chi connectivity index (χ2v) is 6.95. The number of rotatable bonds is 7. The van der Waals surface area contributed by atoms with E-state index in [0.717, 1.165) is 56.4 Å². The SMILES string of the molecule is COc1ccccc1N1CCN(c2nncc(NCCc3ccccc3)n2)CC1. The molecule has 0 atom stereocenters. The molecule has 1 aliphatic rings. The molecule has 0 amide bonds. The smallest absolute Gasteiger partial charge is 0.247 e. The van der Waals surface area contributed by atoms with Crippen LogP contribution in [0.2, 0.25) is 0 Å². The summed E-state index contributed by atoms with van der Waals surface area (Å²) in [5.41, 5.74) is 2.43. The first-order valence-corrected chi connectivity index (χ1v) is 9.94. The molecule has 7 nitrogen and oxygen atoms in total. The lowest BCUT2D eigenvalue weighted by molar-refractivity contribution is 0.413. The highest BCUT2D eigenvalue weighted by molar-refractivity contribution is 5.59. The van der Waals surface area contributed by atoms with Crippen molar-refractivity contribution in [2.45, 2.75) is 6.42 Å². The number of nitrogens with zero attached hydrogens (tertiary/aromatic N) is 5. The summed E-state index contributed by atoms with van der Waals surface area (Å²) in [4.78, 5) is 9.18. The van der Waals surface area contributed by atoms with Crippen LogP contribution in [-0.4, -0.2) is 55.0 Å². The fourth-order valence-corrected chi connectivity index (χ4v) is 3.53. The van der Waals surface area contributed by atoms with Gasteiger partial charge in [0.1, 0.15) is 5.75 Å². The molecule has 0 unspecified atom stereocenters. The lowest BCUT2D eigenvalue weighted by atomic mass is 10.1. The number of aromatic nitrogens is 3. The Morgan fingerprint density at radius 1 is 0.931 bits per heavy atom. The van der Waals surface area contributed by atoms with Gasteiger partial charge in [-0.05, 0) is 24.1 Å². The normalized spacial score (nSPS) is 14.0. The van der Waals surface area contributed by atoms with Crippen molar-refractivity contribution in [2.75, 3.05) is 55.0 Å². The molecule has 1 aliphatic heterocycles. The Balaban J connectivity index is 1.33. The fraction of sp³-hybridized carbons (Fsp3) is 0.318. The highest BCUT2D eigenvalue weighted by atomic mass is 16.5. The summed E-state index contributed by atoms with van der Waals surface area (Å²) in [6.45, 7) is 4.26. The Bertz CT molecular complexity index is 912. The molecule has 0 radical (unpaired) electrons. The molecule has 7 heteroatoms. The quantitative estimate of drug-likeness (QED) is 0.665. The summed E-state index contributed by atoms with van der Waals surface area (Å²) >= 11 is 0. The Morgan fingerprint density at radius 3 is 2.45 bits per heavy atom. The predicted octanol–water partition coefficient (Wildman–Crippen LogP) is 2.86. The van der Waals surface area contributed by atoms with Crippen LogP contribution in [0.25, 0.3) is 0 Å². The van der Waals surface area contributed by atoms with Crippen molar-refractivity contribution >= 4 is 17.5 Å². The molecule has 1 fully saturated rings. The van der Waals surface area contributed by atoms with E-state index in [1.807, 2.05) is 24.3 Å². The van der Waals surface area contributed by atoms with Crippen LogP contribution >= 0.6 is 0 Å². The van der Waals surface area contributed by atoms with E-state index in [9.17, 15) is 0 Å². The maximum atomic E-state index is 5.50. The van der Waals surface area contributed by atoms with Gasteiger partial charge in [-0.25, -0.2) is 0 Å². The molecule has 3 aromatic rings. The Kier molecular flexibility index (Phi) is 6.04. The first-order valence-electron chi connectivity index (χ1n) is 9.94. The number of hydrogen-bond acceptors (Lipinski definition) is 7. The summed E-state index contributed by atoms with van der Waals surface area (Å²) in [7, 11) is 1.71. The minimum atomic E-state index is 0.675. The molecule has 1 N–H and O–H groups in total. The van der Waals surface area contributed by atoms with Gasteiger partial charge in [-0.15, -0.1) is 5.10 Å². The van der Waals surface area contributed by atoms with Gasteiger partial charge < -0.3 is 19.9 Å². The molecular formula is C22H26N6O. The maximum Gasteiger partial charge on any atom is 0.247 e. The molecule has 4 rings (SSSR count). The predicted molar refractivity (Wildman–Crippen MR) is 116 cm³/mol. The lowest BCUT2D eigenvalue weighted by Crippen LogP contribution is -2.47. The third kappa shape index (κ3) is 4.74. The van der Waals surface area contributed by atoms with Crippen molar-refractivity contribution in [3.63, 3.8) is 0 Å². The minimum Gasteiger partial charge on any atom is -0.495 e. The van der Waals surface area contributed by atoms with Crippen LogP contribution in [0.1, 0.15) is 5.56 Å². The van der Waals surface area contributed by atoms with Crippen molar-refractivity contribution in [1.82, 2.24) is 15.2 Å². The molecule has 0 aliphatic carbocycles. The number of para-hydroxylation sites is 2. The number of nitrogens with one attached hydrogen (secondary N) is 1. The molecule has 1 aromatic heterocycles. The van der Waals surface area contributed by atoms with Gasteiger partial charge in [-0.3, -0.25) is 0 Å². The highest BCUT2D eigenvalue weighted by Gasteiger charge is 2.21. The summed E-state index contributed by atoms with van der Waals surface area (Å²) in [6, 6.07) is 18.6. The van der Waals surface area contributed by atoms with Crippen molar-refractivity contribution in [2.24, 2.45) is 0 Å². The third-order valence-electron chi connectivity index (χ3n) is 5.10. The van der Waals surface area contributed by atoms with Gasteiger partial charge in [0.15, 0.2) is 5.82 Å². The van der Waals surface area contributed by atoms with Gasteiger partial charge in [-0.1, -0.05) is 42.5 Å². The van der Waals surface area contributed by atoms with Crippen LogP contribution in [0.15, 0.2) is 60.8 Å². The highest BCUT2D eigenvalue weighted by Crippen LogP contribution is 2.28. The third-order valence-corrected chi connectivity index (χ3v) is 5.10. The zero-order chi connectivity index (χ0) is 19.9. The van der Waals surface area contributed by atoms with Crippen LogP contribution in [0, 0.1) is 0 Å². The van der Waals surface area contributed by atoms with Gasteiger partial charge in [-0.2, -0.15) is 10.1 Å². The van der Waals surface area contributed by atoms with Crippen LogP contribution < -0.4 is 19.9 Å². The van der Waals surface area contributed by atoms with E-state index >= 15 is 0 Å². The summed E-state index contributed by atoms with van der Waals surface area (Å²) in [6.07, 6.45) is 2.62. The van der Waals surface area contributed by atoms with E-state index in [0.29, 0.717) is 5.95 Å². The van der Waals surface area contributed by atoms with Crippen molar-refractivity contribution in [3.05, 3.63) is 66.4 Å². The van der Waals surface area contributed by atoms with Gasteiger partial charge in [0.05, 0.1) is 19.0 Å². The monoisotopic (exact) mass is 390 g/mol. The Hall–Kier alpha value is -3.35. The number of anilines is 3. The van der Waals surface area contributed by atoms with E-state index in [1.54, 1.807) is 13.3 Å². The van der Waals surface area contributed by atoms with Crippen LogP contribution in [-0.2, 0) is 6.42 Å². The first kappa shape index (κ1) is 19.0. The van der Waals surface area contributed by atoms with E-state index in [2.05, 4.69) is 60.6 Å². The second kappa shape index (κ2) is 9.23. The van der Waals surface area contributed by atoms with Crippen LogP contribution in [0.5, 0.6) is 5.75 Å². The molecule has 150 valence electrons. The zero-order valence-electron chi connectivity index (χ0n) is 16.7. The average Bonchev–Trinajstić information content (AvgIpc) is 2.80. The molecule has 2 heterocycles. The van der Waals surface area contributed by atoms with Gasteiger partial charge in [0.25, 0.3) is 0 Å². The van der Waals surface area contributed by atoms with Gasteiger partial charge >= 0.3 is 0 Å². The molecule has 0 bridgehead atoms. The van der Waals surface area contributed by atoms with Crippen molar-refractivity contribution in [1.29, 1.82) is 0 Å². The summed E-state index contributed by atoms with van der Waals surface area (Å²) in [5.74, 6) is 2.34. The first-order chi connectivity index (χ1) is 14.3. The Morgan fingerprint density at radius 2 is 1.66 bits per heavy atom. The molecule has 0 spiro atoms. The zero-order valence-corrected chi connectivity index (χ0v) is 16.7. The second-order valence-electron chi connectivity index (χ2n) is 6.95. The van der Waals surface area contributed by atoms with Gasteiger partial charge in [0, 0.05) is 32.7 Å². The molecule has 29 heavy (non-hydrogen) atoms. The standard InChI is InChI=1S/C22H26N6O/c1-29-20-10-6-5-9-19(20)27-13-15-28(16-14-27)22-25-21(17-24-26-22)23-12-11-18-7-3-2-4-8-18/h2-10,17H,11-16H2,1H3,(H,23,25,26). The largest absolute Gasteiger partial charge is 0.495 e. The number of ether oxygens (including phenoxy) is 1. The Labute approximate surface area is 171 Å². The minimum absolute atomic E-state index is 0.675. The number of hydrogen-bond donors (Lipinski definition) is 1. The van der Waals surface area contributed by atoms with E-state index < -0.39 is 0 Å². The van der Waals surface area contributed by atoms with E-state index in [-0.39, 0.29) is 0 Å². The van der Waals surface area contributed by atoms with E-state index in [4.69, 9.17) is 4.74 Å². The van der Waals surface area contributed by atoms with Gasteiger partial charge in [0.2, 0.25) is 5.95 Å². The number of benzene rings is 2. The fourth-order valence-electron chi connectivity index (χ4n) is 3.53. The number of piperazine rings is 1. The summed E-state index contributed by atoms with van der Waals surface area (Å²) in [5, 5.41) is 11.7. The van der Waals surface area contributed by atoms with Crippen molar-refractivity contribution < 1.29 is 4.74 Å². The van der Waals surface area contributed by atoms with Crippen LogP contribution in [0.3, 0.4) is 0 Å². The van der Waals surface area contributed by atoms with E-state index in [1.165, 1.54) is 5.56 Å². The van der Waals surface area contributed by atoms with Crippen molar-refractivity contribution in [3.8, 4) is 5.75 Å². The van der Waals surface area contributed by atoms with Crippen LogP contribution in [0.4, 0.5) is 17.5 Å². The summed E-state index contributed by atoms with van der Waals surface area (Å²) < 4.78 is 5.50. The average molecular weight is 390 g/mol. The number of methoxy groups -OCH3 is 1. The molecular weight excluding hydrogens is 364 g/mol. The lowest BCUT2D eigenvalue weighted by Gasteiger charge is -2.36. The molecule has 0 saturated carbocycles. The molecule has 2 aromatic carbocycles.